The van der Waals surface area contributed by atoms with Crippen molar-refractivity contribution in [2.24, 2.45) is 0 Å². The predicted molar refractivity (Wildman–Crippen MR) is 113 cm³/mol. The van der Waals surface area contributed by atoms with Crippen LogP contribution in [0.15, 0.2) is 42.6 Å². The van der Waals surface area contributed by atoms with E-state index in [9.17, 15) is 4.79 Å². The number of carbonyl (C=O) groups excluding carboxylic acids is 1. The average molecular weight is 379 g/mol. The van der Waals surface area contributed by atoms with Gasteiger partial charge in [-0.05, 0) is 43.5 Å². The van der Waals surface area contributed by atoms with Gasteiger partial charge in [0.05, 0.1) is 6.54 Å². The van der Waals surface area contributed by atoms with Crippen molar-refractivity contribution < 1.29 is 4.79 Å². The van der Waals surface area contributed by atoms with E-state index in [0.29, 0.717) is 6.54 Å². The summed E-state index contributed by atoms with van der Waals surface area (Å²) in [6, 6.07) is 11.7. The maximum atomic E-state index is 13.3. The molecule has 1 aromatic carbocycles. The van der Waals surface area contributed by atoms with E-state index in [1.165, 1.54) is 0 Å². The molecule has 2 heterocycles. The van der Waals surface area contributed by atoms with Crippen LogP contribution >= 0.6 is 0 Å². The highest BCUT2D eigenvalue weighted by atomic mass is 16.2. The summed E-state index contributed by atoms with van der Waals surface area (Å²) in [6.45, 7) is 8.42. The Hall–Kier alpha value is -2.69. The molecule has 148 valence electrons. The zero-order chi connectivity index (χ0) is 19.9. The molecule has 0 fully saturated rings. The second kappa shape index (κ2) is 9.49. The van der Waals surface area contributed by atoms with Crippen molar-refractivity contribution in [1.82, 2.24) is 19.4 Å². The fourth-order valence-electron chi connectivity index (χ4n) is 3.54. The topological polar surface area (TPSA) is 51.0 Å². The quantitative estimate of drug-likeness (QED) is 0.493. The third-order valence-electron chi connectivity index (χ3n) is 5.06. The number of pyridine rings is 1. The Kier molecular flexibility index (Phi) is 6.80. The zero-order valence-corrected chi connectivity index (χ0v) is 17.2. The monoisotopic (exact) mass is 378 g/mol. The van der Waals surface area contributed by atoms with Gasteiger partial charge in [-0.2, -0.15) is 0 Å². The zero-order valence-electron chi connectivity index (χ0n) is 17.2. The third kappa shape index (κ3) is 4.41. The first-order chi connectivity index (χ1) is 13.7. The molecule has 1 amide bonds. The van der Waals surface area contributed by atoms with E-state index in [1.54, 1.807) is 6.20 Å². The van der Waals surface area contributed by atoms with Gasteiger partial charge in [0.15, 0.2) is 5.65 Å². The molecule has 0 N–H and O–H groups in total. The van der Waals surface area contributed by atoms with Crippen molar-refractivity contribution in [1.29, 1.82) is 0 Å². The molecule has 5 heteroatoms. The van der Waals surface area contributed by atoms with Gasteiger partial charge in [-0.15, -0.1) is 0 Å². The van der Waals surface area contributed by atoms with Crippen molar-refractivity contribution in [3.8, 4) is 0 Å². The molecule has 0 unspecified atom stereocenters. The third-order valence-corrected chi connectivity index (χ3v) is 5.06. The molecule has 2 aromatic heterocycles. The van der Waals surface area contributed by atoms with Crippen molar-refractivity contribution in [2.45, 2.75) is 59.5 Å². The fraction of sp³-hybridized carbons (Fsp3) is 0.435. The Morgan fingerprint density at radius 2 is 1.89 bits per heavy atom. The van der Waals surface area contributed by atoms with Crippen LogP contribution in [0.2, 0.25) is 0 Å². The standard InChI is InChI=1S/C23H30N4O/c1-4-6-9-16-26(23(28)19-12-8-7-11-18(19)3)17-21-25-20-13-10-14-24-22(20)27(21)15-5-2/h7-8,10-14H,4-6,9,15-17H2,1-3H3. The maximum absolute atomic E-state index is 13.3. The molecule has 0 saturated heterocycles. The molecule has 5 nitrogen and oxygen atoms in total. The summed E-state index contributed by atoms with van der Waals surface area (Å²) in [5.74, 6) is 0.992. The Bertz CT molecular complexity index is 931. The van der Waals surface area contributed by atoms with E-state index < -0.39 is 0 Å². The lowest BCUT2D eigenvalue weighted by molar-refractivity contribution is 0.0733. The summed E-state index contributed by atoms with van der Waals surface area (Å²) in [6.07, 6.45) is 6.05. The summed E-state index contributed by atoms with van der Waals surface area (Å²) in [5, 5.41) is 0. The van der Waals surface area contributed by atoms with Crippen LogP contribution in [0.1, 0.15) is 61.3 Å². The van der Waals surface area contributed by atoms with Crippen molar-refractivity contribution in [3.63, 3.8) is 0 Å². The lowest BCUT2D eigenvalue weighted by Crippen LogP contribution is -2.33. The summed E-state index contributed by atoms with van der Waals surface area (Å²) in [4.78, 5) is 24.6. The van der Waals surface area contributed by atoms with Gasteiger partial charge in [-0.3, -0.25) is 4.79 Å². The van der Waals surface area contributed by atoms with Gasteiger partial charge < -0.3 is 9.47 Å². The van der Waals surface area contributed by atoms with Crippen molar-refractivity contribution >= 4 is 17.1 Å². The SMILES string of the molecule is CCCCCN(Cc1nc2cccnc2n1CCC)C(=O)c1ccccc1C. The average Bonchev–Trinajstić information content (AvgIpc) is 3.05. The van der Waals surface area contributed by atoms with Crippen molar-refractivity contribution in [3.05, 3.63) is 59.5 Å². The predicted octanol–water partition coefficient (Wildman–Crippen LogP) is 4.98. The van der Waals surface area contributed by atoms with E-state index >= 15 is 0 Å². The minimum absolute atomic E-state index is 0.0808. The highest BCUT2D eigenvalue weighted by Gasteiger charge is 2.21. The minimum atomic E-state index is 0.0808. The Balaban J connectivity index is 1.93. The number of aromatic nitrogens is 3. The summed E-state index contributed by atoms with van der Waals surface area (Å²) >= 11 is 0. The summed E-state index contributed by atoms with van der Waals surface area (Å²) in [7, 11) is 0. The molecule has 0 aliphatic heterocycles. The molecular formula is C23H30N4O. The number of imidazole rings is 1. The van der Waals surface area contributed by atoms with Gasteiger partial charge in [-0.1, -0.05) is 44.9 Å². The first kappa shape index (κ1) is 20.1. The number of fused-ring (bicyclic) bond motifs is 1. The Morgan fingerprint density at radius 1 is 1.07 bits per heavy atom. The van der Waals surface area contributed by atoms with Crippen LogP contribution in [-0.4, -0.2) is 31.9 Å². The smallest absolute Gasteiger partial charge is 0.254 e. The molecule has 0 spiro atoms. The van der Waals surface area contributed by atoms with Crippen LogP contribution in [0.5, 0.6) is 0 Å². The number of carbonyl (C=O) groups is 1. The number of benzene rings is 1. The van der Waals surface area contributed by atoms with E-state index in [-0.39, 0.29) is 5.91 Å². The minimum Gasteiger partial charge on any atom is -0.331 e. The summed E-state index contributed by atoms with van der Waals surface area (Å²) in [5.41, 5.74) is 3.57. The lowest BCUT2D eigenvalue weighted by Gasteiger charge is -2.24. The van der Waals surface area contributed by atoms with E-state index in [1.807, 2.05) is 48.2 Å². The van der Waals surface area contributed by atoms with E-state index in [4.69, 9.17) is 4.98 Å². The van der Waals surface area contributed by atoms with E-state index in [2.05, 4.69) is 23.4 Å². The first-order valence-electron chi connectivity index (χ1n) is 10.3. The van der Waals surface area contributed by atoms with Crippen LogP contribution in [0.25, 0.3) is 11.2 Å². The molecular weight excluding hydrogens is 348 g/mol. The number of rotatable bonds is 9. The van der Waals surface area contributed by atoms with Gasteiger partial charge in [-0.25, -0.2) is 9.97 Å². The molecule has 28 heavy (non-hydrogen) atoms. The maximum Gasteiger partial charge on any atom is 0.254 e. The largest absolute Gasteiger partial charge is 0.331 e. The lowest BCUT2D eigenvalue weighted by atomic mass is 10.1. The number of amides is 1. The number of hydrogen-bond donors (Lipinski definition) is 0. The highest BCUT2D eigenvalue weighted by molar-refractivity contribution is 5.95. The normalized spacial score (nSPS) is 11.1. The van der Waals surface area contributed by atoms with Gasteiger partial charge in [0.2, 0.25) is 0 Å². The van der Waals surface area contributed by atoms with Gasteiger partial charge >= 0.3 is 0 Å². The molecule has 0 saturated carbocycles. The van der Waals surface area contributed by atoms with E-state index in [0.717, 1.165) is 66.9 Å². The van der Waals surface area contributed by atoms with Crippen LogP contribution in [0.4, 0.5) is 0 Å². The molecule has 0 bridgehead atoms. The van der Waals surface area contributed by atoms with Gasteiger partial charge in [0.1, 0.15) is 11.3 Å². The first-order valence-corrected chi connectivity index (χ1v) is 10.3. The van der Waals surface area contributed by atoms with Crippen LogP contribution < -0.4 is 0 Å². The molecule has 3 rings (SSSR count). The number of hydrogen-bond acceptors (Lipinski definition) is 3. The van der Waals surface area contributed by atoms with Crippen molar-refractivity contribution in [2.75, 3.05) is 6.54 Å². The van der Waals surface area contributed by atoms with Gasteiger partial charge in [0.25, 0.3) is 5.91 Å². The molecule has 0 aliphatic rings. The molecule has 0 radical (unpaired) electrons. The highest BCUT2D eigenvalue weighted by Crippen LogP contribution is 2.19. The molecule has 0 aliphatic carbocycles. The fourth-order valence-corrected chi connectivity index (χ4v) is 3.54. The molecule has 0 atom stereocenters. The second-order valence-electron chi connectivity index (χ2n) is 7.27. The number of aryl methyl sites for hydroxylation is 2. The number of unbranched alkanes of at least 4 members (excludes halogenated alkanes) is 2. The van der Waals surface area contributed by atoms with Crippen LogP contribution in [-0.2, 0) is 13.1 Å². The Labute approximate surface area is 167 Å². The molecule has 3 aromatic rings. The second-order valence-corrected chi connectivity index (χ2v) is 7.27. The van der Waals surface area contributed by atoms with Crippen LogP contribution in [0, 0.1) is 6.92 Å². The van der Waals surface area contributed by atoms with Crippen LogP contribution in [0.3, 0.4) is 0 Å². The van der Waals surface area contributed by atoms with Gasteiger partial charge in [0, 0.05) is 24.8 Å². The number of nitrogens with zero attached hydrogens (tertiary/aromatic N) is 4. The summed E-state index contributed by atoms with van der Waals surface area (Å²) < 4.78 is 2.16. The Morgan fingerprint density at radius 3 is 2.64 bits per heavy atom.